The van der Waals surface area contributed by atoms with Crippen LogP contribution in [-0.2, 0) is 6.42 Å². The fourth-order valence-electron chi connectivity index (χ4n) is 2.21. The van der Waals surface area contributed by atoms with Crippen molar-refractivity contribution in [1.29, 1.82) is 0 Å². The van der Waals surface area contributed by atoms with Crippen LogP contribution in [0.25, 0.3) is 0 Å². The molecule has 0 aliphatic rings. The quantitative estimate of drug-likeness (QED) is 0.723. The largest absolute Gasteiger partial charge is 0.310 e. The van der Waals surface area contributed by atoms with Crippen molar-refractivity contribution >= 4 is 34.5 Å². The van der Waals surface area contributed by atoms with Crippen LogP contribution in [0.3, 0.4) is 0 Å². The predicted molar refractivity (Wildman–Crippen MR) is 90.3 cm³/mol. The highest BCUT2D eigenvalue weighted by atomic mass is 35.5. The second-order valence-corrected chi connectivity index (χ2v) is 7.07. The zero-order valence-corrected chi connectivity index (χ0v) is 14.1. The van der Waals surface area contributed by atoms with E-state index in [9.17, 15) is 0 Å². The summed E-state index contributed by atoms with van der Waals surface area (Å²) in [5.41, 5.74) is 2.29. The van der Waals surface area contributed by atoms with Gasteiger partial charge in [0.05, 0.1) is 4.34 Å². The average molecular weight is 328 g/mol. The van der Waals surface area contributed by atoms with Crippen LogP contribution in [0.5, 0.6) is 0 Å². The van der Waals surface area contributed by atoms with Crippen LogP contribution in [0, 0.1) is 6.92 Å². The van der Waals surface area contributed by atoms with Crippen molar-refractivity contribution in [3.8, 4) is 0 Å². The van der Waals surface area contributed by atoms with E-state index < -0.39 is 0 Å². The summed E-state index contributed by atoms with van der Waals surface area (Å²) < 4.78 is 0.838. The van der Waals surface area contributed by atoms with Crippen LogP contribution in [0.15, 0.2) is 30.3 Å². The van der Waals surface area contributed by atoms with E-state index in [1.807, 2.05) is 19.1 Å². The second kappa shape index (κ2) is 7.46. The number of nitrogens with one attached hydrogen (secondary N) is 1. The van der Waals surface area contributed by atoms with Gasteiger partial charge < -0.3 is 5.32 Å². The number of aryl methyl sites for hydroxylation is 1. The number of hydrogen-bond donors (Lipinski definition) is 1. The van der Waals surface area contributed by atoms with E-state index >= 15 is 0 Å². The summed E-state index contributed by atoms with van der Waals surface area (Å²) in [6, 6.07) is 10.5. The zero-order valence-electron chi connectivity index (χ0n) is 11.7. The minimum atomic E-state index is 0.233. The third-order valence-corrected chi connectivity index (χ3v) is 5.04. The molecule has 1 N–H and O–H groups in total. The van der Waals surface area contributed by atoms with Crippen molar-refractivity contribution in [2.24, 2.45) is 0 Å². The fourth-order valence-corrected chi connectivity index (χ4v) is 3.60. The highest BCUT2D eigenvalue weighted by Gasteiger charge is 2.16. The number of rotatable bonds is 6. The van der Waals surface area contributed by atoms with Gasteiger partial charge in [-0.2, -0.15) is 0 Å². The number of hydrogen-bond acceptors (Lipinski definition) is 2. The first kappa shape index (κ1) is 15.8. The van der Waals surface area contributed by atoms with Crippen LogP contribution in [0.4, 0.5) is 0 Å². The summed E-state index contributed by atoms with van der Waals surface area (Å²) in [5, 5.41) is 4.46. The molecule has 0 radical (unpaired) electrons. The first-order chi connectivity index (χ1) is 9.61. The van der Waals surface area contributed by atoms with E-state index in [1.165, 1.54) is 10.4 Å². The Morgan fingerprint density at radius 1 is 1.20 bits per heavy atom. The molecule has 1 nitrogen and oxygen atoms in total. The van der Waals surface area contributed by atoms with Crippen molar-refractivity contribution in [2.75, 3.05) is 6.54 Å². The Bertz CT molecular complexity index is 565. The Hall–Kier alpha value is -0.540. The molecule has 1 unspecified atom stereocenters. The van der Waals surface area contributed by atoms with Gasteiger partial charge in [-0.3, -0.25) is 0 Å². The Labute approximate surface area is 134 Å². The normalized spacial score (nSPS) is 12.6. The lowest BCUT2D eigenvalue weighted by Gasteiger charge is -2.20. The van der Waals surface area contributed by atoms with Crippen LogP contribution in [0.2, 0.25) is 9.36 Å². The molecule has 2 rings (SSSR count). The first-order valence-corrected chi connectivity index (χ1v) is 8.41. The van der Waals surface area contributed by atoms with E-state index in [2.05, 4.69) is 30.4 Å². The Balaban J connectivity index is 2.24. The summed E-state index contributed by atoms with van der Waals surface area (Å²) in [4.78, 5) is 1.28. The standard InChI is InChI=1S/C16H19Cl2NS/c1-3-9-19-14(10-12-7-8-15(17)20-12)13-6-4-5-11(2)16(13)18/h4-8,14,19H,3,9-10H2,1-2H3. The molecule has 0 bridgehead atoms. The van der Waals surface area contributed by atoms with Crippen LogP contribution >= 0.6 is 34.5 Å². The van der Waals surface area contributed by atoms with Gasteiger partial charge in [-0.1, -0.05) is 48.3 Å². The van der Waals surface area contributed by atoms with Crippen molar-refractivity contribution < 1.29 is 0 Å². The number of benzene rings is 1. The summed E-state index contributed by atoms with van der Waals surface area (Å²) in [6.45, 7) is 5.20. The van der Waals surface area contributed by atoms with E-state index in [0.29, 0.717) is 0 Å². The van der Waals surface area contributed by atoms with Gasteiger partial charge in [0.2, 0.25) is 0 Å². The third kappa shape index (κ3) is 3.98. The van der Waals surface area contributed by atoms with E-state index in [4.69, 9.17) is 23.2 Å². The second-order valence-electron chi connectivity index (χ2n) is 4.89. The highest BCUT2D eigenvalue weighted by molar-refractivity contribution is 7.16. The van der Waals surface area contributed by atoms with Crippen LogP contribution < -0.4 is 5.32 Å². The first-order valence-electron chi connectivity index (χ1n) is 6.84. The van der Waals surface area contributed by atoms with Crippen molar-refractivity contribution in [2.45, 2.75) is 32.7 Å². The molecule has 1 atom stereocenters. The molecule has 20 heavy (non-hydrogen) atoms. The molecule has 0 saturated carbocycles. The third-order valence-electron chi connectivity index (χ3n) is 3.27. The minimum absolute atomic E-state index is 0.233. The maximum absolute atomic E-state index is 6.48. The lowest BCUT2D eigenvalue weighted by molar-refractivity contribution is 0.532. The lowest BCUT2D eigenvalue weighted by atomic mass is 10.0. The number of halogens is 2. The summed E-state index contributed by atoms with van der Waals surface area (Å²) in [7, 11) is 0. The molecule has 0 fully saturated rings. The summed E-state index contributed by atoms with van der Waals surface area (Å²) in [6.07, 6.45) is 2.02. The molecule has 0 saturated heterocycles. The van der Waals surface area contributed by atoms with Gasteiger partial charge in [0.25, 0.3) is 0 Å². The SMILES string of the molecule is CCCNC(Cc1ccc(Cl)s1)c1cccc(C)c1Cl. The van der Waals surface area contributed by atoms with Gasteiger partial charge in [0.15, 0.2) is 0 Å². The zero-order chi connectivity index (χ0) is 14.5. The van der Waals surface area contributed by atoms with Crippen LogP contribution in [-0.4, -0.2) is 6.54 Å². The molecule has 0 amide bonds. The molecule has 0 aliphatic carbocycles. The van der Waals surface area contributed by atoms with E-state index in [0.717, 1.165) is 34.3 Å². The van der Waals surface area contributed by atoms with Gasteiger partial charge in [0.1, 0.15) is 0 Å². The van der Waals surface area contributed by atoms with Gasteiger partial charge in [-0.15, -0.1) is 11.3 Å². The van der Waals surface area contributed by atoms with Crippen LogP contribution in [0.1, 0.15) is 35.4 Å². The average Bonchev–Trinajstić information content (AvgIpc) is 2.83. The molecule has 2 aromatic rings. The molecule has 1 aromatic heterocycles. The topological polar surface area (TPSA) is 12.0 Å². The van der Waals surface area contributed by atoms with E-state index in [1.54, 1.807) is 11.3 Å². The molecule has 1 heterocycles. The van der Waals surface area contributed by atoms with Gasteiger partial charge >= 0.3 is 0 Å². The van der Waals surface area contributed by atoms with Gasteiger partial charge in [-0.05, 0) is 43.1 Å². The fraction of sp³-hybridized carbons (Fsp3) is 0.375. The highest BCUT2D eigenvalue weighted by Crippen LogP contribution is 2.31. The molecule has 108 valence electrons. The molecule has 0 aliphatic heterocycles. The monoisotopic (exact) mass is 327 g/mol. The number of thiophene rings is 1. The Morgan fingerprint density at radius 3 is 2.65 bits per heavy atom. The molecule has 1 aromatic carbocycles. The van der Waals surface area contributed by atoms with Gasteiger partial charge in [0, 0.05) is 22.4 Å². The van der Waals surface area contributed by atoms with Crippen molar-refractivity contribution in [1.82, 2.24) is 5.32 Å². The van der Waals surface area contributed by atoms with Gasteiger partial charge in [-0.25, -0.2) is 0 Å². The van der Waals surface area contributed by atoms with E-state index in [-0.39, 0.29) is 6.04 Å². The smallest absolute Gasteiger partial charge is 0.0931 e. The molecular formula is C16H19Cl2NS. The summed E-state index contributed by atoms with van der Waals surface area (Å²) in [5.74, 6) is 0. The Kier molecular flexibility index (Phi) is 5.91. The Morgan fingerprint density at radius 2 is 2.00 bits per heavy atom. The maximum Gasteiger partial charge on any atom is 0.0931 e. The minimum Gasteiger partial charge on any atom is -0.310 e. The predicted octanol–water partition coefficient (Wildman–Crippen LogP) is 5.65. The molecule has 4 heteroatoms. The molecule has 0 spiro atoms. The maximum atomic E-state index is 6.48. The van der Waals surface area contributed by atoms with Crippen molar-refractivity contribution in [3.05, 3.63) is 55.7 Å². The molecular weight excluding hydrogens is 309 g/mol. The lowest BCUT2D eigenvalue weighted by Crippen LogP contribution is -2.24. The van der Waals surface area contributed by atoms with Crippen molar-refractivity contribution in [3.63, 3.8) is 0 Å². The summed E-state index contributed by atoms with van der Waals surface area (Å²) >= 11 is 14.1.